The van der Waals surface area contributed by atoms with Crippen molar-refractivity contribution in [3.05, 3.63) is 66.1 Å². The van der Waals surface area contributed by atoms with Gasteiger partial charge in [0.1, 0.15) is 5.65 Å². The molecule has 1 aromatic carbocycles. The molecule has 0 radical (unpaired) electrons. The number of hydrogen-bond donors (Lipinski definition) is 3. The molecule has 27 heavy (non-hydrogen) atoms. The molecule has 0 aliphatic heterocycles. The topological polar surface area (TPSA) is 92.5 Å². The van der Waals surface area contributed by atoms with E-state index in [-0.39, 0.29) is 5.95 Å². The summed E-state index contributed by atoms with van der Waals surface area (Å²) in [5.41, 5.74) is 12.1. The lowest BCUT2D eigenvalue weighted by Crippen LogP contribution is -2.07. The molecular weight excluding hydrogens is 336 g/mol. The molecule has 0 aliphatic rings. The number of pyridine rings is 1. The van der Waals surface area contributed by atoms with Crippen LogP contribution in [-0.4, -0.2) is 26.5 Å². The van der Waals surface area contributed by atoms with Crippen molar-refractivity contribution in [3.63, 3.8) is 0 Å². The third-order valence-corrected chi connectivity index (χ3v) is 4.73. The van der Waals surface area contributed by atoms with E-state index in [0.29, 0.717) is 0 Å². The fourth-order valence-corrected chi connectivity index (χ4v) is 3.41. The fourth-order valence-electron chi connectivity index (χ4n) is 3.41. The summed E-state index contributed by atoms with van der Waals surface area (Å²) in [4.78, 5) is 16.0. The van der Waals surface area contributed by atoms with E-state index < -0.39 is 0 Å². The van der Waals surface area contributed by atoms with Gasteiger partial charge in [-0.3, -0.25) is 0 Å². The van der Waals surface area contributed by atoms with E-state index in [1.165, 1.54) is 11.1 Å². The SMILES string of the molecule is CCc1ccccc1CCNc1ccnc2[nH]cc(-c3ccnc(N)n3)c12. The Morgan fingerprint density at radius 1 is 1.04 bits per heavy atom. The van der Waals surface area contributed by atoms with Gasteiger partial charge in [-0.05, 0) is 36.1 Å². The van der Waals surface area contributed by atoms with Crippen molar-refractivity contribution in [2.24, 2.45) is 0 Å². The van der Waals surface area contributed by atoms with Crippen molar-refractivity contribution < 1.29 is 0 Å². The van der Waals surface area contributed by atoms with Crippen LogP contribution in [0.4, 0.5) is 11.6 Å². The normalized spacial score (nSPS) is 11.0. The molecule has 0 atom stereocenters. The van der Waals surface area contributed by atoms with Crippen molar-refractivity contribution in [2.75, 3.05) is 17.6 Å². The largest absolute Gasteiger partial charge is 0.384 e. The Hall–Kier alpha value is -3.41. The van der Waals surface area contributed by atoms with Gasteiger partial charge in [0.15, 0.2) is 0 Å². The number of anilines is 2. The minimum absolute atomic E-state index is 0.261. The van der Waals surface area contributed by atoms with E-state index >= 15 is 0 Å². The number of nitrogens with one attached hydrogen (secondary N) is 2. The molecule has 6 heteroatoms. The standard InChI is InChI=1S/C21H22N6/c1-2-14-5-3-4-6-15(14)7-10-23-18-9-11-24-20-19(18)16(13-26-20)17-8-12-25-21(22)27-17/h3-6,8-9,11-13H,2,7,10H2,1H3,(H2,22,25,27)(H2,23,24,26). The van der Waals surface area contributed by atoms with Crippen molar-refractivity contribution in [1.82, 2.24) is 19.9 Å². The summed E-state index contributed by atoms with van der Waals surface area (Å²) >= 11 is 0. The number of rotatable bonds is 6. The third-order valence-electron chi connectivity index (χ3n) is 4.73. The van der Waals surface area contributed by atoms with Crippen molar-refractivity contribution in [3.8, 4) is 11.3 Å². The minimum Gasteiger partial charge on any atom is -0.384 e. The summed E-state index contributed by atoms with van der Waals surface area (Å²) in [5.74, 6) is 0.261. The van der Waals surface area contributed by atoms with Crippen molar-refractivity contribution in [2.45, 2.75) is 19.8 Å². The van der Waals surface area contributed by atoms with E-state index in [1.54, 1.807) is 12.4 Å². The summed E-state index contributed by atoms with van der Waals surface area (Å²) in [7, 11) is 0. The van der Waals surface area contributed by atoms with Gasteiger partial charge < -0.3 is 16.0 Å². The van der Waals surface area contributed by atoms with Crippen LogP contribution in [0.1, 0.15) is 18.1 Å². The van der Waals surface area contributed by atoms with Gasteiger partial charge in [-0.15, -0.1) is 0 Å². The van der Waals surface area contributed by atoms with Gasteiger partial charge in [0, 0.05) is 36.4 Å². The van der Waals surface area contributed by atoms with Crippen LogP contribution in [0.2, 0.25) is 0 Å². The van der Waals surface area contributed by atoms with Crippen molar-refractivity contribution >= 4 is 22.7 Å². The molecular formula is C21H22N6. The highest BCUT2D eigenvalue weighted by Gasteiger charge is 2.13. The Bertz CT molecular complexity index is 1070. The van der Waals surface area contributed by atoms with E-state index in [1.807, 2.05) is 18.3 Å². The summed E-state index contributed by atoms with van der Waals surface area (Å²) in [6.07, 6.45) is 7.40. The molecule has 0 amide bonds. The summed E-state index contributed by atoms with van der Waals surface area (Å²) < 4.78 is 0. The summed E-state index contributed by atoms with van der Waals surface area (Å²) in [6, 6.07) is 12.4. The predicted octanol–water partition coefficient (Wildman–Crippen LogP) is 3.82. The first-order chi connectivity index (χ1) is 13.3. The van der Waals surface area contributed by atoms with Crippen LogP contribution in [0, 0.1) is 0 Å². The first kappa shape index (κ1) is 17.0. The van der Waals surface area contributed by atoms with Gasteiger partial charge in [-0.1, -0.05) is 31.2 Å². The molecule has 6 nitrogen and oxygen atoms in total. The van der Waals surface area contributed by atoms with E-state index in [2.05, 4.69) is 56.4 Å². The number of aromatic nitrogens is 4. The maximum Gasteiger partial charge on any atom is 0.220 e. The molecule has 0 saturated heterocycles. The lowest BCUT2D eigenvalue weighted by atomic mass is 10.0. The fraction of sp³-hybridized carbons (Fsp3) is 0.190. The highest BCUT2D eigenvalue weighted by molar-refractivity contribution is 6.01. The number of H-pyrrole nitrogens is 1. The van der Waals surface area contributed by atoms with Crippen LogP contribution in [0.3, 0.4) is 0 Å². The van der Waals surface area contributed by atoms with Gasteiger partial charge in [0.25, 0.3) is 0 Å². The summed E-state index contributed by atoms with van der Waals surface area (Å²) in [5, 5.41) is 4.58. The number of benzene rings is 1. The highest BCUT2D eigenvalue weighted by atomic mass is 15.0. The second-order valence-corrected chi connectivity index (χ2v) is 6.38. The third kappa shape index (κ3) is 3.46. The average molecular weight is 358 g/mol. The quantitative estimate of drug-likeness (QED) is 0.487. The molecule has 0 saturated carbocycles. The number of hydrogen-bond acceptors (Lipinski definition) is 5. The molecule has 4 aromatic rings. The van der Waals surface area contributed by atoms with Crippen LogP contribution in [-0.2, 0) is 12.8 Å². The van der Waals surface area contributed by atoms with Gasteiger partial charge in [-0.2, -0.15) is 0 Å². The zero-order valence-corrected chi connectivity index (χ0v) is 15.2. The first-order valence-electron chi connectivity index (χ1n) is 9.12. The molecule has 136 valence electrons. The number of nitrogens with two attached hydrogens (primary N) is 1. The number of nitrogens with zero attached hydrogens (tertiary/aromatic N) is 3. The van der Waals surface area contributed by atoms with Crippen LogP contribution in [0.25, 0.3) is 22.3 Å². The molecule has 0 fully saturated rings. The Morgan fingerprint density at radius 3 is 2.67 bits per heavy atom. The lowest BCUT2D eigenvalue weighted by molar-refractivity contribution is 0.977. The molecule has 4 N–H and O–H groups in total. The van der Waals surface area contributed by atoms with E-state index in [0.717, 1.165) is 47.4 Å². The molecule has 0 spiro atoms. The number of fused-ring (bicyclic) bond motifs is 1. The van der Waals surface area contributed by atoms with Crippen LogP contribution >= 0.6 is 0 Å². The molecule has 0 bridgehead atoms. The average Bonchev–Trinajstić information content (AvgIpc) is 3.13. The smallest absolute Gasteiger partial charge is 0.220 e. The maximum absolute atomic E-state index is 5.76. The lowest BCUT2D eigenvalue weighted by Gasteiger charge is -2.11. The van der Waals surface area contributed by atoms with Gasteiger partial charge in [-0.25, -0.2) is 15.0 Å². The number of aromatic amines is 1. The Kier molecular flexibility index (Phi) is 4.70. The number of nitrogen functional groups attached to an aromatic ring is 1. The Balaban J connectivity index is 1.61. The minimum atomic E-state index is 0.261. The zero-order chi connectivity index (χ0) is 18.6. The molecule has 4 rings (SSSR count). The molecule has 3 heterocycles. The maximum atomic E-state index is 5.76. The molecule has 0 unspecified atom stereocenters. The second-order valence-electron chi connectivity index (χ2n) is 6.38. The number of aryl methyl sites for hydroxylation is 1. The molecule has 3 aromatic heterocycles. The van der Waals surface area contributed by atoms with Gasteiger partial charge in [0.2, 0.25) is 5.95 Å². The van der Waals surface area contributed by atoms with Gasteiger partial charge >= 0.3 is 0 Å². The van der Waals surface area contributed by atoms with Crippen LogP contribution in [0.15, 0.2) is 55.0 Å². The monoisotopic (exact) mass is 358 g/mol. The van der Waals surface area contributed by atoms with Gasteiger partial charge in [0.05, 0.1) is 11.1 Å². The molecule has 0 aliphatic carbocycles. The van der Waals surface area contributed by atoms with Crippen molar-refractivity contribution in [1.29, 1.82) is 0 Å². The van der Waals surface area contributed by atoms with E-state index in [9.17, 15) is 0 Å². The summed E-state index contributed by atoms with van der Waals surface area (Å²) in [6.45, 7) is 3.03. The Morgan fingerprint density at radius 2 is 1.85 bits per heavy atom. The predicted molar refractivity (Wildman–Crippen MR) is 110 cm³/mol. The van der Waals surface area contributed by atoms with E-state index in [4.69, 9.17) is 5.73 Å². The van der Waals surface area contributed by atoms with Crippen LogP contribution < -0.4 is 11.1 Å². The first-order valence-corrected chi connectivity index (χ1v) is 9.12. The zero-order valence-electron chi connectivity index (χ0n) is 15.2. The van der Waals surface area contributed by atoms with Crippen LogP contribution in [0.5, 0.6) is 0 Å². The Labute approximate surface area is 157 Å². The second kappa shape index (κ2) is 7.45. The highest BCUT2D eigenvalue weighted by Crippen LogP contribution is 2.32.